The van der Waals surface area contributed by atoms with Gasteiger partial charge in [-0.15, -0.1) is 0 Å². The number of carbonyl (C=O) groups is 1. The number of aryl methyl sites for hydroxylation is 3. The molecular formula is C24H27FN6O3S. The van der Waals surface area contributed by atoms with Crippen LogP contribution in [0.2, 0.25) is 0 Å². The Hall–Kier alpha value is -3.57. The van der Waals surface area contributed by atoms with Crippen LogP contribution in [-0.4, -0.2) is 51.8 Å². The van der Waals surface area contributed by atoms with Gasteiger partial charge in [0.25, 0.3) is 0 Å². The van der Waals surface area contributed by atoms with Crippen LogP contribution >= 0.6 is 0 Å². The smallest absolute Gasteiger partial charge is 0.242 e. The van der Waals surface area contributed by atoms with Gasteiger partial charge in [-0.25, -0.2) is 27.1 Å². The van der Waals surface area contributed by atoms with Gasteiger partial charge < -0.3 is 14.5 Å². The third kappa shape index (κ3) is 4.96. The summed E-state index contributed by atoms with van der Waals surface area (Å²) in [5, 5.41) is 2.99. The lowest BCUT2D eigenvalue weighted by atomic mass is 10.1. The van der Waals surface area contributed by atoms with Gasteiger partial charge in [0.2, 0.25) is 15.9 Å². The van der Waals surface area contributed by atoms with E-state index in [0.29, 0.717) is 29.1 Å². The van der Waals surface area contributed by atoms with Gasteiger partial charge in [0.05, 0.1) is 15.9 Å². The average Bonchev–Trinajstić information content (AvgIpc) is 3.39. The van der Waals surface area contributed by atoms with Gasteiger partial charge in [0.1, 0.15) is 23.5 Å². The molecular weight excluding hydrogens is 471 g/mol. The van der Waals surface area contributed by atoms with E-state index >= 15 is 0 Å². The maximum absolute atomic E-state index is 13.4. The lowest BCUT2D eigenvalue weighted by molar-refractivity contribution is -0.121. The number of sulfonamides is 1. The maximum Gasteiger partial charge on any atom is 0.242 e. The largest absolute Gasteiger partial charge is 0.342 e. The molecule has 2 aromatic carbocycles. The highest BCUT2D eigenvalue weighted by Gasteiger charge is 2.22. The first-order valence-corrected chi connectivity index (χ1v) is 12.4. The van der Waals surface area contributed by atoms with Gasteiger partial charge in [0.15, 0.2) is 0 Å². The van der Waals surface area contributed by atoms with Crippen molar-refractivity contribution in [3.8, 4) is 0 Å². The van der Waals surface area contributed by atoms with E-state index in [2.05, 4.69) is 15.3 Å². The summed E-state index contributed by atoms with van der Waals surface area (Å²) in [6.45, 7) is 0. The van der Waals surface area contributed by atoms with E-state index in [9.17, 15) is 17.6 Å². The van der Waals surface area contributed by atoms with Crippen molar-refractivity contribution in [2.24, 2.45) is 14.1 Å². The van der Waals surface area contributed by atoms with Crippen LogP contribution in [0.3, 0.4) is 0 Å². The summed E-state index contributed by atoms with van der Waals surface area (Å²) in [6, 6.07) is 10.2. The van der Waals surface area contributed by atoms with Crippen LogP contribution in [0.15, 0.2) is 59.8 Å². The summed E-state index contributed by atoms with van der Waals surface area (Å²) in [5.74, 6) is 0.708. The monoisotopic (exact) mass is 498 g/mol. The van der Waals surface area contributed by atoms with Gasteiger partial charge in [-0.05, 0) is 35.9 Å². The second-order valence-electron chi connectivity index (χ2n) is 8.47. The van der Waals surface area contributed by atoms with Crippen molar-refractivity contribution in [3.63, 3.8) is 0 Å². The van der Waals surface area contributed by atoms with Gasteiger partial charge in [-0.2, -0.15) is 0 Å². The van der Waals surface area contributed by atoms with E-state index in [-0.39, 0.29) is 23.0 Å². The molecule has 35 heavy (non-hydrogen) atoms. The van der Waals surface area contributed by atoms with Crippen LogP contribution in [0.4, 0.5) is 4.39 Å². The lowest BCUT2D eigenvalue weighted by Gasteiger charge is -2.19. The predicted molar refractivity (Wildman–Crippen MR) is 130 cm³/mol. The molecule has 1 N–H and O–H groups in total. The Kier molecular flexibility index (Phi) is 6.73. The van der Waals surface area contributed by atoms with E-state index in [4.69, 9.17) is 0 Å². The second kappa shape index (κ2) is 9.59. The molecule has 0 saturated heterocycles. The number of fused-ring (bicyclic) bond motifs is 1. The number of hydrogen-bond acceptors (Lipinski definition) is 5. The summed E-state index contributed by atoms with van der Waals surface area (Å²) < 4.78 is 43.2. The zero-order chi connectivity index (χ0) is 25.3. The first-order chi connectivity index (χ1) is 16.6. The van der Waals surface area contributed by atoms with Crippen LogP contribution in [0.1, 0.15) is 29.7 Å². The zero-order valence-electron chi connectivity index (χ0n) is 19.9. The molecule has 2 heterocycles. The summed E-state index contributed by atoms with van der Waals surface area (Å²) in [7, 11) is 3.04. The number of amides is 1. The topological polar surface area (TPSA) is 102 Å². The third-order valence-electron chi connectivity index (χ3n) is 5.92. The van der Waals surface area contributed by atoms with Gasteiger partial charge in [0, 0.05) is 53.4 Å². The van der Waals surface area contributed by atoms with Gasteiger partial charge >= 0.3 is 0 Å². The maximum atomic E-state index is 13.4. The highest BCUT2D eigenvalue weighted by atomic mass is 32.2. The predicted octanol–water partition coefficient (Wildman–Crippen LogP) is 2.53. The number of benzene rings is 2. The molecule has 0 radical (unpaired) electrons. The zero-order valence-corrected chi connectivity index (χ0v) is 20.8. The molecule has 184 valence electrons. The Morgan fingerprint density at radius 3 is 2.49 bits per heavy atom. The standard InChI is InChI=1S/C24H27FN6O3S/c1-29(2)35(33,34)18-9-10-20-19(15-18)27-21(31(20)4)11-12-22(32)28-23(24-26-13-14-30(24)3)16-5-7-17(25)8-6-16/h5-10,13-15,23H,11-12H2,1-4H3,(H,28,32). The van der Waals surface area contributed by atoms with Crippen LogP contribution < -0.4 is 5.32 Å². The number of nitrogens with zero attached hydrogens (tertiary/aromatic N) is 5. The minimum Gasteiger partial charge on any atom is -0.342 e. The molecule has 4 aromatic rings. The van der Waals surface area contributed by atoms with Crippen LogP contribution in [0.5, 0.6) is 0 Å². The van der Waals surface area contributed by atoms with E-state index in [0.717, 1.165) is 9.82 Å². The third-order valence-corrected chi connectivity index (χ3v) is 7.74. The minimum absolute atomic E-state index is 0.155. The van der Waals surface area contributed by atoms with Crippen LogP contribution in [0, 0.1) is 5.82 Å². The molecule has 0 aliphatic rings. The molecule has 1 unspecified atom stereocenters. The molecule has 1 amide bonds. The number of nitrogens with one attached hydrogen (secondary N) is 1. The van der Waals surface area contributed by atoms with Crippen molar-refractivity contribution >= 4 is 27.0 Å². The SMILES string of the molecule is CN(C)S(=O)(=O)c1ccc2c(c1)nc(CCC(=O)NC(c1ccc(F)cc1)c1nccn1C)n2C. The molecule has 0 spiro atoms. The summed E-state index contributed by atoms with van der Waals surface area (Å²) in [4.78, 5) is 22.0. The van der Waals surface area contributed by atoms with E-state index in [1.54, 1.807) is 47.3 Å². The van der Waals surface area contributed by atoms with Crippen LogP contribution in [0.25, 0.3) is 11.0 Å². The average molecular weight is 499 g/mol. The molecule has 0 bridgehead atoms. The minimum atomic E-state index is -3.58. The Morgan fingerprint density at radius 2 is 1.86 bits per heavy atom. The fourth-order valence-corrected chi connectivity index (χ4v) is 4.81. The number of carbonyl (C=O) groups excluding carboxylic acids is 1. The highest BCUT2D eigenvalue weighted by Crippen LogP contribution is 2.23. The number of aromatic nitrogens is 4. The molecule has 0 saturated carbocycles. The van der Waals surface area contributed by atoms with Crippen molar-refractivity contribution < 1.29 is 17.6 Å². The molecule has 2 aromatic heterocycles. The Balaban J connectivity index is 1.53. The first-order valence-electron chi connectivity index (χ1n) is 11.0. The first kappa shape index (κ1) is 24.6. The fourth-order valence-electron chi connectivity index (χ4n) is 3.89. The van der Waals surface area contributed by atoms with Crippen molar-refractivity contribution in [1.82, 2.24) is 28.7 Å². The molecule has 1 atom stereocenters. The number of hydrogen-bond donors (Lipinski definition) is 1. The molecule has 0 fully saturated rings. The van der Waals surface area contributed by atoms with Crippen molar-refractivity contribution in [1.29, 1.82) is 0 Å². The van der Waals surface area contributed by atoms with Crippen molar-refractivity contribution in [2.45, 2.75) is 23.8 Å². The highest BCUT2D eigenvalue weighted by molar-refractivity contribution is 7.89. The molecule has 0 aliphatic carbocycles. The van der Waals surface area contributed by atoms with Gasteiger partial charge in [-0.1, -0.05) is 12.1 Å². The lowest BCUT2D eigenvalue weighted by Crippen LogP contribution is -2.31. The van der Waals surface area contributed by atoms with E-state index in [1.807, 2.05) is 18.7 Å². The Morgan fingerprint density at radius 1 is 1.14 bits per heavy atom. The number of rotatable bonds is 8. The summed E-state index contributed by atoms with van der Waals surface area (Å²) >= 11 is 0. The molecule has 0 aliphatic heterocycles. The van der Waals surface area contributed by atoms with E-state index in [1.165, 1.54) is 26.2 Å². The summed E-state index contributed by atoms with van der Waals surface area (Å²) in [5.41, 5.74) is 2.03. The van der Waals surface area contributed by atoms with Crippen molar-refractivity contribution in [3.05, 3.63) is 77.9 Å². The molecule has 11 heteroatoms. The second-order valence-corrected chi connectivity index (χ2v) is 10.6. The molecule has 4 rings (SSSR count). The number of halogens is 1. The summed E-state index contributed by atoms with van der Waals surface area (Å²) in [6.07, 6.45) is 3.93. The van der Waals surface area contributed by atoms with Gasteiger partial charge in [-0.3, -0.25) is 4.79 Å². The quantitative estimate of drug-likeness (QED) is 0.402. The van der Waals surface area contributed by atoms with Crippen molar-refractivity contribution in [2.75, 3.05) is 14.1 Å². The van der Waals surface area contributed by atoms with Crippen LogP contribution in [-0.2, 0) is 35.3 Å². The Bertz CT molecular complexity index is 1470. The normalized spacial score (nSPS) is 12.9. The Labute approximate surface area is 203 Å². The molecule has 9 nitrogen and oxygen atoms in total. The van der Waals surface area contributed by atoms with E-state index < -0.39 is 16.1 Å². The fraction of sp³-hybridized carbons (Fsp3) is 0.292. The number of imidazole rings is 2.